The monoisotopic (exact) mass is 330 g/mol. The number of hydrogen-bond acceptors (Lipinski definition) is 2. The lowest BCUT2D eigenvalue weighted by Crippen LogP contribution is -2.37. The van der Waals surface area contributed by atoms with Crippen molar-refractivity contribution < 1.29 is 9.59 Å². The van der Waals surface area contributed by atoms with Crippen molar-refractivity contribution in [3.63, 3.8) is 0 Å². The summed E-state index contributed by atoms with van der Waals surface area (Å²) in [5.74, 6) is 0.363. The van der Waals surface area contributed by atoms with Crippen LogP contribution in [0.4, 0.5) is 5.69 Å². The normalized spacial score (nSPS) is 14.9. The number of para-hydroxylation sites is 1. The molecule has 0 aliphatic heterocycles. The predicted molar refractivity (Wildman–Crippen MR) is 98.3 cm³/mol. The van der Waals surface area contributed by atoms with Crippen molar-refractivity contribution in [2.24, 2.45) is 0 Å². The molecule has 1 aliphatic carbocycles. The van der Waals surface area contributed by atoms with Crippen LogP contribution in [-0.2, 0) is 9.59 Å². The number of carbonyl (C=O) groups excluding carboxylic acids is 2. The van der Waals surface area contributed by atoms with Crippen LogP contribution in [0.1, 0.15) is 69.9 Å². The second-order valence-corrected chi connectivity index (χ2v) is 7.14. The minimum absolute atomic E-state index is 0.0140. The van der Waals surface area contributed by atoms with Gasteiger partial charge in [0.05, 0.1) is 0 Å². The molecule has 0 saturated heterocycles. The van der Waals surface area contributed by atoms with Crippen LogP contribution in [0.5, 0.6) is 0 Å². The van der Waals surface area contributed by atoms with E-state index in [9.17, 15) is 9.59 Å². The number of aryl methyl sites for hydroxylation is 1. The van der Waals surface area contributed by atoms with E-state index < -0.39 is 0 Å². The molecule has 132 valence electrons. The van der Waals surface area contributed by atoms with Crippen molar-refractivity contribution in [1.82, 2.24) is 5.32 Å². The number of rotatable bonds is 6. The first-order valence-electron chi connectivity index (χ1n) is 9.07. The fourth-order valence-corrected chi connectivity index (χ4v) is 3.53. The lowest BCUT2D eigenvalue weighted by Gasteiger charge is -2.27. The Morgan fingerprint density at radius 3 is 2.50 bits per heavy atom. The predicted octanol–water partition coefficient (Wildman–Crippen LogP) is 3.92. The molecule has 0 spiro atoms. The molecule has 1 saturated carbocycles. The van der Waals surface area contributed by atoms with Gasteiger partial charge in [0.25, 0.3) is 0 Å². The van der Waals surface area contributed by atoms with Crippen LogP contribution in [0.15, 0.2) is 18.2 Å². The highest BCUT2D eigenvalue weighted by atomic mass is 16.2. The molecule has 2 amide bonds. The van der Waals surface area contributed by atoms with E-state index >= 15 is 0 Å². The first kappa shape index (κ1) is 18.5. The average molecular weight is 330 g/mol. The fourth-order valence-electron chi connectivity index (χ4n) is 3.53. The maximum atomic E-state index is 12.2. The Balaban J connectivity index is 2.10. The van der Waals surface area contributed by atoms with E-state index in [0.717, 1.165) is 29.7 Å². The highest BCUT2D eigenvalue weighted by Crippen LogP contribution is 2.31. The van der Waals surface area contributed by atoms with Gasteiger partial charge in [-0.3, -0.25) is 9.59 Å². The van der Waals surface area contributed by atoms with Crippen molar-refractivity contribution >= 4 is 17.5 Å². The Labute approximate surface area is 145 Å². The van der Waals surface area contributed by atoms with Crippen LogP contribution in [0, 0.1) is 6.92 Å². The molecule has 0 bridgehead atoms. The van der Waals surface area contributed by atoms with Crippen molar-refractivity contribution in [1.29, 1.82) is 0 Å². The zero-order chi connectivity index (χ0) is 17.7. The molecule has 4 heteroatoms. The van der Waals surface area contributed by atoms with E-state index in [-0.39, 0.29) is 11.8 Å². The molecule has 0 atom stereocenters. The maximum absolute atomic E-state index is 12.2. The minimum Gasteiger partial charge on any atom is -0.353 e. The van der Waals surface area contributed by atoms with Gasteiger partial charge in [0.15, 0.2) is 0 Å². The summed E-state index contributed by atoms with van der Waals surface area (Å²) in [6.45, 7) is 8.28. The average Bonchev–Trinajstić information content (AvgIpc) is 3.01. The van der Waals surface area contributed by atoms with E-state index in [1.54, 1.807) is 11.8 Å². The highest BCUT2D eigenvalue weighted by Gasteiger charge is 2.21. The Kier molecular flexibility index (Phi) is 6.41. The molecular formula is C20H30N2O2. The minimum atomic E-state index is -0.0140. The van der Waals surface area contributed by atoms with Crippen LogP contribution in [0.25, 0.3) is 0 Å². The first-order chi connectivity index (χ1) is 11.4. The molecule has 0 radical (unpaired) electrons. The third kappa shape index (κ3) is 4.59. The van der Waals surface area contributed by atoms with E-state index in [0.29, 0.717) is 24.9 Å². The van der Waals surface area contributed by atoms with E-state index in [1.807, 2.05) is 19.1 Å². The van der Waals surface area contributed by atoms with E-state index in [4.69, 9.17) is 0 Å². The molecule has 0 unspecified atom stereocenters. The standard InChI is InChI=1S/C20H30N2O2/c1-14(2)18-11-7-8-15(3)20(18)22(16(4)23)13-12-19(24)21-17-9-5-6-10-17/h7-8,11,14,17H,5-6,9-10,12-13H2,1-4H3,(H,21,24). The third-order valence-electron chi connectivity index (χ3n) is 4.82. The zero-order valence-electron chi connectivity index (χ0n) is 15.4. The number of benzene rings is 1. The highest BCUT2D eigenvalue weighted by molar-refractivity contribution is 5.94. The summed E-state index contributed by atoms with van der Waals surface area (Å²) in [6.07, 6.45) is 4.91. The second-order valence-electron chi connectivity index (χ2n) is 7.14. The molecule has 1 aliphatic rings. The van der Waals surface area contributed by atoms with Gasteiger partial charge >= 0.3 is 0 Å². The summed E-state index contributed by atoms with van der Waals surface area (Å²) in [6, 6.07) is 6.45. The molecule has 1 fully saturated rings. The van der Waals surface area contributed by atoms with Gasteiger partial charge in [-0.25, -0.2) is 0 Å². The summed E-state index contributed by atoms with van der Waals surface area (Å²) in [7, 11) is 0. The van der Waals surface area contributed by atoms with Gasteiger partial charge in [0.2, 0.25) is 11.8 Å². The molecular weight excluding hydrogens is 300 g/mol. The summed E-state index contributed by atoms with van der Waals surface area (Å²) < 4.78 is 0. The number of nitrogens with one attached hydrogen (secondary N) is 1. The van der Waals surface area contributed by atoms with E-state index in [1.165, 1.54) is 12.8 Å². The number of hydrogen-bond donors (Lipinski definition) is 1. The van der Waals surface area contributed by atoms with Gasteiger partial charge in [-0.2, -0.15) is 0 Å². The number of anilines is 1. The molecule has 24 heavy (non-hydrogen) atoms. The summed E-state index contributed by atoms with van der Waals surface area (Å²) >= 11 is 0. The fraction of sp³-hybridized carbons (Fsp3) is 0.600. The third-order valence-corrected chi connectivity index (χ3v) is 4.82. The first-order valence-corrected chi connectivity index (χ1v) is 9.07. The molecule has 1 N–H and O–H groups in total. The van der Waals surface area contributed by atoms with Crippen LogP contribution in [-0.4, -0.2) is 24.4 Å². The quantitative estimate of drug-likeness (QED) is 0.859. The summed E-state index contributed by atoms with van der Waals surface area (Å²) in [5, 5.41) is 3.10. The van der Waals surface area contributed by atoms with Crippen molar-refractivity contribution in [3.8, 4) is 0 Å². The Morgan fingerprint density at radius 1 is 1.25 bits per heavy atom. The van der Waals surface area contributed by atoms with Crippen LogP contribution in [0.2, 0.25) is 0 Å². The molecule has 1 aromatic rings. The lowest BCUT2D eigenvalue weighted by atomic mass is 9.97. The zero-order valence-corrected chi connectivity index (χ0v) is 15.4. The molecule has 2 rings (SSSR count). The van der Waals surface area contributed by atoms with E-state index in [2.05, 4.69) is 25.2 Å². The molecule has 0 aromatic heterocycles. The van der Waals surface area contributed by atoms with Crippen molar-refractivity contribution in [3.05, 3.63) is 29.3 Å². The Hall–Kier alpha value is -1.84. The van der Waals surface area contributed by atoms with Gasteiger partial charge in [-0.05, 0) is 36.8 Å². The van der Waals surface area contributed by atoms with Crippen molar-refractivity contribution in [2.75, 3.05) is 11.4 Å². The lowest BCUT2D eigenvalue weighted by molar-refractivity contribution is -0.121. The number of carbonyl (C=O) groups is 2. The van der Waals surface area contributed by atoms with Gasteiger partial charge in [-0.1, -0.05) is 44.9 Å². The van der Waals surface area contributed by atoms with Gasteiger partial charge < -0.3 is 10.2 Å². The van der Waals surface area contributed by atoms with Gasteiger partial charge in [0.1, 0.15) is 0 Å². The maximum Gasteiger partial charge on any atom is 0.223 e. The van der Waals surface area contributed by atoms with Crippen molar-refractivity contribution in [2.45, 2.75) is 71.8 Å². The molecule has 1 aromatic carbocycles. The molecule has 4 nitrogen and oxygen atoms in total. The van der Waals surface area contributed by atoms with Crippen LogP contribution < -0.4 is 10.2 Å². The molecule has 0 heterocycles. The largest absolute Gasteiger partial charge is 0.353 e. The second kappa shape index (κ2) is 8.32. The SMILES string of the molecule is CC(=O)N(CCC(=O)NC1CCCC1)c1c(C)cccc1C(C)C. The summed E-state index contributed by atoms with van der Waals surface area (Å²) in [5.41, 5.74) is 3.20. The van der Waals surface area contributed by atoms with Gasteiger partial charge in [-0.15, -0.1) is 0 Å². The number of nitrogens with zero attached hydrogens (tertiary/aromatic N) is 1. The van der Waals surface area contributed by atoms with Gasteiger partial charge in [0, 0.05) is 31.6 Å². The van der Waals surface area contributed by atoms with Crippen LogP contribution >= 0.6 is 0 Å². The summed E-state index contributed by atoms with van der Waals surface area (Å²) in [4.78, 5) is 26.2. The Morgan fingerprint density at radius 2 is 1.92 bits per heavy atom. The topological polar surface area (TPSA) is 49.4 Å². The van der Waals surface area contributed by atoms with Crippen LogP contribution in [0.3, 0.4) is 0 Å². The number of amides is 2. The smallest absolute Gasteiger partial charge is 0.223 e. The Bertz CT molecular complexity index is 589.